The quantitative estimate of drug-likeness (QED) is 0.823. The topological polar surface area (TPSA) is 52.7 Å². The molecule has 2 rings (SSSR count). The number of nitrogens with one attached hydrogen (secondary N) is 1. The smallest absolute Gasteiger partial charge is 0.227 e. The SMILES string of the molecule is CCCC(=O)N1CCC(C(=O)Nc2ccc(N(CC)CC)cc2)CC1. The van der Waals surface area contributed by atoms with Crippen molar-refractivity contribution in [1.29, 1.82) is 0 Å². The molecule has 1 heterocycles. The van der Waals surface area contributed by atoms with Gasteiger partial charge in [0.25, 0.3) is 0 Å². The minimum atomic E-state index is -0.00636. The first-order valence-electron chi connectivity index (χ1n) is 9.52. The van der Waals surface area contributed by atoms with Gasteiger partial charge in [0, 0.05) is 49.9 Å². The Kier molecular flexibility index (Phi) is 7.29. The molecule has 5 nitrogen and oxygen atoms in total. The van der Waals surface area contributed by atoms with E-state index in [1.54, 1.807) is 0 Å². The van der Waals surface area contributed by atoms with Crippen LogP contribution in [0.3, 0.4) is 0 Å². The van der Waals surface area contributed by atoms with Gasteiger partial charge in [-0.1, -0.05) is 6.92 Å². The first kappa shape index (κ1) is 19.3. The van der Waals surface area contributed by atoms with Crippen LogP contribution in [0.2, 0.25) is 0 Å². The fraction of sp³-hybridized carbons (Fsp3) is 0.600. The van der Waals surface area contributed by atoms with E-state index in [0.717, 1.165) is 38.0 Å². The summed E-state index contributed by atoms with van der Waals surface area (Å²) in [6.07, 6.45) is 2.98. The summed E-state index contributed by atoms with van der Waals surface area (Å²) in [5, 5.41) is 3.02. The summed E-state index contributed by atoms with van der Waals surface area (Å²) < 4.78 is 0. The number of anilines is 2. The van der Waals surface area contributed by atoms with Crippen LogP contribution in [-0.2, 0) is 9.59 Å². The van der Waals surface area contributed by atoms with Gasteiger partial charge in [-0.15, -0.1) is 0 Å². The summed E-state index contributed by atoms with van der Waals surface area (Å²) >= 11 is 0. The van der Waals surface area contributed by atoms with Crippen LogP contribution in [0.1, 0.15) is 46.5 Å². The molecule has 5 heteroatoms. The molecule has 0 aromatic heterocycles. The standard InChI is InChI=1S/C20H31N3O2/c1-4-7-19(24)23-14-12-16(13-15-23)20(25)21-17-8-10-18(11-9-17)22(5-2)6-3/h8-11,16H,4-7,12-15H2,1-3H3,(H,21,25). The normalized spacial score (nSPS) is 15.1. The zero-order valence-electron chi connectivity index (χ0n) is 15.8. The molecule has 2 amide bonds. The van der Waals surface area contributed by atoms with Crippen LogP contribution in [0.15, 0.2) is 24.3 Å². The zero-order chi connectivity index (χ0) is 18.2. The summed E-state index contributed by atoms with van der Waals surface area (Å²) in [6.45, 7) is 9.61. The number of benzene rings is 1. The van der Waals surface area contributed by atoms with Gasteiger partial charge in [0.05, 0.1) is 0 Å². The second-order valence-electron chi connectivity index (χ2n) is 6.61. The van der Waals surface area contributed by atoms with Crippen molar-refractivity contribution in [3.05, 3.63) is 24.3 Å². The number of likely N-dealkylation sites (tertiary alicyclic amines) is 1. The molecule has 138 valence electrons. The van der Waals surface area contributed by atoms with Gasteiger partial charge in [0.15, 0.2) is 0 Å². The predicted molar refractivity (Wildman–Crippen MR) is 103 cm³/mol. The van der Waals surface area contributed by atoms with Crippen LogP contribution in [-0.4, -0.2) is 42.9 Å². The average molecular weight is 345 g/mol. The minimum absolute atomic E-state index is 0.00636. The van der Waals surface area contributed by atoms with Gasteiger partial charge < -0.3 is 15.1 Å². The van der Waals surface area contributed by atoms with Gasteiger partial charge in [-0.25, -0.2) is 0 Å². The number of carbonyl (C=O) groups excluding carboxylic acids is 2. The predicted octanol–water partition coefficient (Wildman–Crippen LogP) is 3.51. The monoisotopic (exact) mass is 345 g/mol. The Morgan fingerprint density at radius 2 is 1.68 bits per heavy atom. The number of hydrogen-bond donors (Lipinski definition) is 1. The maximum Gasteiger partial charge on any atom is 0.227 e. The largest absolute Gasteiger partial charge is 0.372 e. The number of piperidine rings is 1. The average Bonchev–Trinajstić information content (AvgIpc) is 2.64. The molecule has 0 aliphatic carbocycles. The third-order valence-electron chi connectivity index (χ3n) is 4.95. The third-order valence-corrected chi connectivity index (χ3v) is 4.95. The van der Waals surface area contributed by atoms with Crippen LogP contribution < -0.4 is 10.2 Å². The van der Waals surface area contributed by atoms with E-state index in [2.05, 4.69) is 36.2 Å². The van der Waals surface area contributed by atoms with E-state index in [1.165, 1.54) is 5.69 Å². The highest BCUT2D eigenvalue weighted by Gasteiger charge is 2.26. The van der Waals surface area contributed by atoms with Gasteiger partial charge in [0.1, 0.15) is 0 Å². The Morgan fingerprint density at radius 3 is 2.20 bits per heavy atom. The van der Waals surface area contributed by atoms with Crippen molar-refractivity contribution in [2.24, 2.45) is 5.92 Å². The lowest BCUT2D eigenvalue weighted by molar-refractivity contribution is -0.134. The summed E-state index contributed by atoms with van der Waals surface area (Å²) in [5.74, 6) is 0.277. The van der Waals surface area contributed by atoms with Gasteiger partial charge in [-0.3, -0.25) is 9.59 Å². The summed E-state index contributed by atoms with van der Waals surface area (Å²) in [4.78, 5) is 28.6. The van der Waals surface area contributed by atoms with E-state index in [4.69, 9.17) is 0 Å². The van der Waals surface area contributed by atoms with Gasteiger partial charge in [-0.05, 0) is 57.4 Å². The van der Waals surface area contributed by atoms with Gasteiger partial charge >= 0.3 is 0 Å². The Bertz CT molecular complexity index is 559. The number of hydrogen-bond acceptors (Lipinski definition) is 3. The molecule has 0 unspecified atom stereocenters. The third kappa shape index (κ3) is 5.21. The molecule has 0 radical (unpaired) electrons. The van der Waals surface area contributed by atoms with Crippen molar-refractivity contribution < 1.29 is 9.59 Å². The highest BCUT2D eigenvalue weighted by molar-refractivity contribution is 5.93. The molecule has 1 aliphatic rings. The maximum atomic E-state index is 12.5. The van der Waals surface area contributed by atoms with Crippen molar-refractivity contribution in [1.82, 2.24) is 4.90 Å². The van der Waals surface area contributed by atoms with E-state index < -0.39 is 0 Å². The lowest BCUT2D eigenvalue weighted by Crippen LogP contribution is -2.41. The van der Waals surface area contributed by atoms with E-state index in [1.807, 2.05) is 24.0 Å². The lowest BCUT2D eigenvalue weighted by atomic mass is 9.95. The number of carbonyl (C=O) groups is 2. The van der Waals surface area contributed by atoms with Crippen molar-refractivity contribution in [3.8, 4) is 0 Å². The zero-order valence-corrected chi connectivity index (χ0v) is 15.8. The number of nitrogens with zero attached hydrogens (tertiary/aromatic N) is 2. The molecular formula is C20H31N3O2. The van der Waals surface area contributed by atoms with E-state index in [9.17, 15) is 9.59 Å². The summed E-state index contributed by atoms with van der Waals surface area (Å²) in [6, 6.07) is 8.03. The van der Waals surface area contributed by atoms with E-state index >= 15 is 0 Å². The van der Waals surface area contributed by atoms with Crippen LogP contribution in [0.25, 0.3) is 0 Å². The summed E-state index contributed by atoms with van der Waals surface area (Å²) in [7, 11) is 0. The molecule has 0 atom stereocenters. The first-order valence-corrected chi connectivity index (χ1v) is 9.52. The van der Waals surface area contributed by atoms with Crippen LogP contribution >= 0.6 is 0 Å². The van der Waals surface area contributed by atoms with Crippen LogP contribution in [0.4, 0.5) is 11.4 Å². The van der Waals surface area contributed by atoms with Crippen molar-refractivity contribution in [3.63, 3.8) is 0 Å². The highest BCUT2D eigenvalue weighted by Crippen LogP contribution is 2.22. The molecule has 1 aliphatic heterocycles. The Hall–Kier alpha value is -2.04. The molecule has 1 N–H and O–H groups in total. The maximum absolute atomic E-state index is 12.5. The molecular weight excluding hydrogens is 314 g/mol. The summed E-state index contributed by atoms with van der Waals surface area (Å²) in [5.41, 5.74) is 2.01. The molecule has 1 fully saturated rings. The Balaban J connectivity index is 1.85. The molecule has 1 aromatic carbocycles. The number of rotatable bonds is 7. The second kappa shape index (κ2) is 9.44. The molecule has 25 heavy (non-hydrogen) atoms. The fourth-order valence-corrected chi connectivity index (χ4v) is 3.35. The minimum Gasteiger partial charge on any atom is -0.372 e. The van der Waals surface area contributed by atoms with E-state index in [0.29, 0.717) is 19.5 Å². The molecule has 0 saturated carbocycles. The highest BCUT2D eigenvalue weighted by atomic mass is 16.2. The lowest BCUT2D eigenvalue weighted by Gasteiger charge is -2.31. The van der Waals surface area contributed by atoms with Crippen molar-refractivity contribution in [2.45, 2.75) is 46.5 Å². The molecule has 1 saturated heterocycles. The molecule has 0 bridgehead atoms. The van der Waals surface area contributed by atoms with Crippen LogP contribution in [0, 0.1) is 5.92 Å². The Morgan fingerprint density at radius 1 is 1.08 bits per heavy atom. The van der Waals surface area contributed by atoms with Crippen molar-refractivity contribution >= 4 is 23.2 Å². The van der Waals surface area contributed by atoms with Gasteiger partial charge in [-0.2, -0.15) is 0 Å². The van der Waals surface area contributed by atoms with Crippen molar-refractivity contribution in [2.75, 3.05) is 36.4 Å². The van der Waals surface area contributed by atoms with Gasteiger partial charge in [0.2, 0.25) is 11.8 Å². The number of amides is 2. The first-order chi connectivity index (χ1) is 12.1. The Labute approximate surface area is 151 Å². The van der Waals surface area contributed by atoms with E-state index in [-0.39, 0.29) is 17.7 Å². The fourth-order valence-electron chi connectivity index (χ4n) is 3.35. The van der Waals surface area contributed by atoms with Crippen LogP contribution in [0.5, 0.6) is 0 Å². The molecule has 1 aromatic rings. The second-order valence-corrected chi connectivity index (χ2v) is 6.61. The molecule has 0 spiro atoms.